The Balaban J connectivity index is 1.64. The van der Waals surface area contributed by atoms with Gasteiger partial charge in [0.1, 0.15) is 5.69 Å². The third-order valence-corrected chi connectivity index (χ3v) is 4.34. The van der Waals surface area contributed by atoms with Crippen LogP contribution in [0.3, 0.4) is 0 Å². The lowest BCUT2D eigenvalue weighted by molar-refractivity contribution is 0.0587. The third-order valence-electron chi connectivity index (χ3n) is 3.48. The van der Waals surface area contributed by atoms with Crippen molar-refractivity contribution in [1.82, 2.24) is 9.55 Å². The van der Waals surface area contributed by atoms with Crippen molar-refractivity contribution in [3.63, 3.8) is 0 Å². The van der Waals surface area contributed by atoms with E-state index in [1.165, 1.54) is 12.7 Å². The number of esters is 1. The van der Waals surface area contributed by atoms with E-state index < -0.39 is 0 Å². The maximum Gasteiger partial charge on any atom is 0.356 e. The third kappa shape index (κ3) is 5.62. The summed E-state index contributed by atoms with van der Waals surface area (Å²) in [5.41, 5.74) is 1.71. The Bertz CT molecular complexity index is 614. The highest BCUT2D eigenvalue weighted by atomic mass is 127. The van der Waals surface area contributed by atoms with Gasteiger partial charge in [-0.1, -0.05) is 30.3 Å². The van der Waals surface area contributed by atoms with Crippen molar-refractivity contribution in [2.45, 2.75) is 32.4 Å². The molecule has 0 aliphatic carbocycles. The van der Waals surface area contributed by atoms with Gasteiger partial charge in [0.2, 0.25) is 0 Å². The van der Waals surface area contributed by atoms with Gasteiger partial charge in [0.05, 0.1) is 19.9 Å². The second-order valence-electron chi connectivity index (χ2n) is 5.15. The number of hydrogen-bond donors (Lipinski definition) is 0. The normalized spacial score (nSPS) is 10.7. The Labute approximate surface area is 150 Å². The molecule has 0 N–H and O–H groups in total. The number of nitrogens with zero attached hydrogens (tertiary/aromatic N) is 2. The Morgan fingerprint density at radius 1 is 1.22 bits per heavy atom. The van der Waals surface area contributed by atoms with E-state index in [0.717, 1.165) is 36.2 Å². The van der Waals surface area contributed by atoms with Crippen molar-refractivity contribution in [2.24, 2.45) is 0 Å². The van der Waals surface area contributed by atoms with Crippen molar-refractivity contribution in [3.05, 3.63) is 51.6 Å². The summed E-state index contributed by atoms with van der Waals surface area (Å²) in [6.07, 6.45) is 4.59. The van der Waals surface area contributed by atoms with Crippen molar-refractivity contribution in [1.29, 1.82) is 0 Å². The molecule has 0 amide bonds. The summed E-state index contributed by atoms with van der Waals surface area (Å²) in [4.78, 5) is 15.8. The number of ether oxygens (including phenoxy) is 2. The van der Waals surface area contributed by atoms with E-state index in [-0.39, 0.29) is 5.97 Å². The number of hydrogen-bond acceptors (Lipinski definition) is 4. The zero-order valence-electron chi connectivity index (χ0n) is 13.2. The molecular weight excluding hydrogens is 407 g/mol. The number of aromatic nitrogens is 2. The average Bonchev–Trinajstić information content (AvgIpc) is 2.95. The van der Waals surface area contributed by atoms with E-state index >= 15 is 0 Å². The van der Waals surface area contributed by atoms with Gasteiger partial charge >= 0.3 is 5.97 Å². The van der Waals surface area contributed by atoms with Gasteiger partial charge in [-0.2, -0.15) is 0 Å². The van der Waals surface area contributed by atoms with Gasteiger partial charge in [0.25, 0.3) is 0 Å². The molecule has 0 unspecified atom stereocenters. The maximum absolute atomic E-state index is 11.6. The van der Waals surface area contributed by atoms with Crippen LogP contribution in [0.2, 0.25) is 0 Å². The van der Waals surface area contributed by atoms with Crippen LogP contribution in [0.5, 0.6) is 0 Å². The van der Waals surface area contributed by atoms with E-state index in [1.807, 2.05) is 22.8 Å². The lowest BCUT2D eigenvalue weighted by Gasteiger charge is -2.08. The van der Waals surface area contributed by atoms with Crippen molar-refractivity contribution in [3.8, 4) is 0 Å². The zero-order valence-corrected chi connectivity index (χ0v) is 15.4. The number of rotatable bonds is 9. The minimum atomic E-state index is -0.341. The number of carbonyl (C=O) groups excluding carboxylic acids is 1. The highest BCUT2D eigenvalue weighted by molar-refractivity contribution is 14.1. The smallest absolute Gasteiger partial charge is 0.356 e. The predicted molar refractivity (Wildman–Crippen MR) is 96.2 cm³/mol. The fourth-order valence-corrected chi connectivity index (χ4v) is 2.89. The molecule has 0 radical (unpaired) electrons. The molecule has 6 heteroatoms. The van der Waals surface area contributed by atoms with Gasteiger partial charge in [0, 0.05) is 13.2 Å². The van der Waals surface area contributed by atoms with E-state index in [0.29, 0.717) is 12.3 Å². The van der Waals surface area contributed by atoms with Crippen LogP contribution in [0.4, 0.5) is 0 Å². The SMILES string of the molecule is COC(=O)c1cnc(I)n1CCCCCOCc1ccccc1. The zero-order chi connectivity index (χ0) is 16.5. The first-order chi connectivity index (χ1) is 11.2. The molecule has 0 saturated heterocycles. The lowest BCUT2D eigenvalue weighted by atomic mass is 10.2. The van der Waals surface area contributed by atoms with Crippen LogP contribution in [0.1, 0.15) is 35.3 Å². The van der Waals surface area contributed by atoms with Gasteiger partial charge in [-0.15, -0.1) is 0 Å². The molecule has 1 aromatic carbocycles. The summed E-state index contributed by atoms with van der Waals surface area (Å²) < 4.78 is 13.1. The molecule has 0 atom stereocenters. The molecule has 1 aromatic heterocycles. The van der Waals surface area contributed by atoms with Gasteiger partial charge in [-0.3, -0.25) is 0 Å². The quantitative estimate of drug-likeness (QED) is 0.348. The number of benzene rings is 1. The molecule has 23 heavy (non-hydrogen) atoms. The van der Waals surface area contributed by atoms with E-state index in [1.54, 1.807) is 6.20 Å². The largest absolute Gasteiger partial charge is 0.464 e. The molecule has 1 heterocycles. The summed E-state index contributed by atoms with van der Waals surface area (Å²) in [7, 11) is 1.39. The molecule has 2 rings (SSSR count). The Morgan fingerprint density at radius 3 is 2.74 bits per heavy atom. The van der Waals surface area contributed by atoms with Crippen molar-refractivity contribution < 1.29 is 14.3 Å². The summed E-state index contributed by atoms with van der Waals surface area (Å²) in [5, 5.41) is 0. The Hall–Kier alpha value is -1.41. The minimum Gasteiger partial charge on any atom is -0.464 e. The molecule has 0 saturated carbocycles. The van der Waals surface area contributed by atoms with Crippen molar-refractivity contribution >= 4 is 28.6 Å². The molecule has 2 aromatic rings. The molecule has 0 aliphatic rings. The highest BCUT2D eigenvalue weighted by Gasteiger charge is 2.14. The lowest BCUT2D eigenvalue weighted by Crippen LogP contribution is -2.12. The molecule has 0 aliphatic heterocycles. The molecule has 0 bridgehead atoms. The first-order valence-electron chi connectivity index (χ1n) is 7.63. The van der Waals surface area contributed by atoms with Gasteiger partial charge in [-0.25, -0.2) is 9.78 Å². The number of unbranched alkanes of at least 4 members (excludes halogenated alkanes) is 2. The molecular formula is C17H21IN2O3. The van der Waals surface area contributed by atoms with E-state index in [2.05, 4.69) is 39.7 Å². The summed E-state index contributed by atoms with van der Waals surface area (Å²) >= 11 is 2.13. The molecule has 124 valence electrons. The van der Waals surface area contributed by atoms with Crippen LogP contribution in [0.15, 0.2) is 36.5 Å². The summed E-state index contributed by atoms with van der Waals surface area (Å²) in [5.74, 6) is -0.341. The Kier molecular flexibility index (Phi) is 7.54. The molecule has 0 fully saturated rings. The monoisotopic (exact) mass is 428 g/mol. The minimum absolute atomic E-state index is 0.341. The molecule has 5 nitrogen and oxygen atoms in total. The fraction of sp³-hybridized carbons (Fsp3) is 0.412. The van der Waals surface area contributed by atoms with Gasteiger partial charge in [-0.05, 0) is 47.4 Å². The number of carbonyl (C=O) groups is 1. The first kappa shape index (κ1) is 17.9. The predicted octanol–water partition coefficient (Wildman–Crippen LogP) is 3.66. The number of methoxy groups -OCH3 is 1. The van der Waals surface area contributed by atoms with E-state index in [9.17, 15) is 4.79 Å². The van der Waals surface area contributed by atoms with Crippen LogP contribution in [-0.4, -0.2) is 29.2 Å². The second-order valence-corrected chi connectivity index (χ2v) is 6.12. The first-order valence-corrected chi connectivity index (χ1v) is 8.71. The van der Waals surface area contributed by atoms with Crippen LogP contribution < -0.4 is 0 Å². The number of imidazole rings is 1. The van der Waals surface area contributed by atoms with Crippen LogP contribution in [0, 0.1) is 3.83 Å². The summed E-state index contributed by atoms with van der Waals surface area (Å²) in [6.45, 7) is 2.17. The van der Waals surface area contributed by atoms with Gasteiger partial charge in [0.15, 0.2) is 3.83 Å². The topological polar surface area (TPSA) is 53.3 Å². The van der Waals surface area contributed by atoms with Crippen LogP contribution >= 0.6 is 22.6 Å². The van der Waals surface area contributed by atoms with Gasteiger partial charge < -0.3 is 14.0 Å². The average molecular weight is 428 g/mol. The van der Waals surface area contributed by atoms with E-state index in [4.69, 9.17) is 9.47 Å². The standard InChI is InChI=1S/C17H21IN2O3/c1-22-16(21)15-12-19-17(18)20(15)10-6-3-7-11-23-13-14-8-4-2-5-9-14/h2,4-5,8-9,12H,3,6-7,10-11,13H2,1H3. The Morgan fingerprint density at radius 2 is 2.00 bits per heavy atom. The van der Waals surface area contributed by atoms with Crippen LogP contribution in [-0.2, 0) is 22.6 Å². The molecule has 0 spiro atoms. The fourth-order valence-electron chi connectivity index (χ4n) is 2.25. The number of halogens is 1. The summed E-state index contributed by atoms with van der Waals surface area (Å²) in [6, 6.07) is 10.2. The van der Waals surface area contributed by atoms with Crippen molar-refractivity contribution in [2.75, 3.05) is 13.7 Å². The highest BCUT2D eigenvalue weighted by Crippen LogP contribution is 2.12. The second kappa shape index (κ2) is 9.67. The maximum atomic E-state index is 11.6. The van der Waals surface area contributed by atoms with Crippen LogP contribution in [0.25, 0.3) is 0 Å².